The third kappa shape index (κ3) is 2.07. The number of nitrogens with one attached hydrogen (secondary N) is 1. The standard InChI is InChI=1S/C18H16N6/c1-2-6-13(7-3-1)17-22-21-16-12-23(10-11-24(16)17)18-19-14-8-4-5-9-15(14)20-18/h1-9H,10-12H2,(H,19,20). The van der Waals surface area contributed by atoms with Gasteiger partial charge >= 0.3 is 0 Å². The maximum absolute atomic E-state index is 4.69. The van der Waals surface area contributed by atoms with Crippen LogP contribution in [0.3, 0.4) is 0 Å². The van der Waals surface area contributed by atoms with E-state index < -0.39 is 0 Å². The SMILES string of the molecule is c1ccc(-c2nnc3n2CCN(c2nc4ccccc4[nH]2)C3)cc1. The van der Waals surface area contributed by atoms with E-state index in [0.29, 0.717) is 6.54 Å². The quantitative estimate of drug-likeness (QED) is 0.618. The lowest BCUT2D eigenvalue weighted by Gasteiger charge is -2.27. The van der Waals surface area contributed by atoms with Crippen molar-refractivity contribution in [3.8, 4) is 11.4 Å². The van der Waals surface area contributed by atoms with Gasteiger partial charge in [-0.25, -0.2) is 4.98 Å². The third-order valence-corrected chi connectivity index (χ3v) is 4.46. The van der Waals surface area contributed by atoms with E-state index in [4.69, 9.17) is 0 Å². The van der Waals surface area contributed by atoms with Crippen molar-refractivity contribution in [3.63, 3.8) is 0 Å². The van der Waals surface area contributed by atoms with Crippen molar-refractivity contribution in [1.29, 1.82) is 0 Å². The highest BCUT2D eigenvalue weighted by molar-refractivity contribution is 5.77. The van der Waals surface area contributed by atoms with Crippen LogP contribution in [0.5, 0.6) is 0 Å². The Morgan fingerprint density at radius 2 is 1.71 bits per heavy atom. The molecule has 0 atom stereocenters. The number of imidazole rings is 1. The number of para-hydroxylation sites is 2. The fraction of sp³-hybridized carbons (Fsp3) is 0.167. The van der Waals surface area contributed by atoms with Crippen molar-refractivity contribution in [2.24, 2.45) is 0 Å². The molecule has 0 fully saturated rings. The van der Waals surface area contributed by atoms with Gasteiger partial charge in [0.05, 0.1) is 17.6 Å². The Morgan fingerprint density at radius 3 is 2.58 bits per heavy atom. The van der Waals surface area contributed by atoms with Crippen molar-refractivity contribution >= 4 is 17.0 Å². The first-order chi connectivity index (χ1) is 11.9. The van der Waals surface area contributed by atoms with Crippen LogP contribution in [-0.4, -0.2) is 31.3 Å². The topological polar surface area (TPSA) is 62.6 Å². The van der Waals surface area contributed by atoms with Gasteiger partial charge in [0.1, 0.15) is 0 Å². The summed E-state index contributed by atoms with van der Waals surface area (Å²) in [7, 11) is 0. The number of H-pyrrole nitrogens is 1. The number of hydrogen-bond acceptors (Lipinski definition) is 4. The summed E-state index contributed by atoms with van der Waals surface area (Å²) in [5.74, 6) is 2.81. The van der Waals surface area contributed by atoms with Gasteiger partial charge in [0.25, 0.3) is 0 Å². The summed E-state index contributed by atoms with van der Waals surface area (Å²) < 4.78 is 2.20. The number of aromatic amines is 1. The lowest BCUT2D eigenvalue weighted by atomic mass is 10.2. The maximum atomic E-state index is 4.69. The first-order valence-electron chi connectivity index (χ1n) is 8.06. The molecule has 1 aliphatic heterocycles. The Labute approximate surface area is 138 Å². The molecule has 1 aliphatic rings. The van der Waals surface area contributed by atoms with Gasteiger partial charge in [-0.1, -0.05) is 42.5 Å². The summed E-state index contributed by atoms with van der Waals surface area (Å²) in [6, 6.07) is 18.3. The predicted octanol–water partition coefficient (Wildman–Crippen LogP) is 2.84. The minimum atomic E-state index is 0.708. The third-order valence-electron chi connectivity index (χ3n) is 4.46. The molecule has 6 nitrogen and oxygen atoms in total. The molecule has 6 heteroatoms. The van der Waals surface area contributed by atoms with Gasteiger partial charge in [0.2, 0.25) is 5.95 Å². The van der Waals surface area contributed by atoms with E-state index in [1.54, 1.807) is 0 Å². The van der Waals surface area contributed by atoms with Crippen LogP contribution < -0.4 is 4.90 Å². The highest BCUT2D eigenvalue weighted by Gasteiger charge is 2.23. The second-order valence-corrected chi connectivity index (χ2v) is 5.96. The van der Waals surface area contributed by atoms with Crippen LogP contribution in [0.15, 0.2) is 54.6 Å². The molecule has 0 aliphatic carbocycles. The summed E-state index contributed by atoms with van der Waals surface area (Å²) in [6.45, 7) is 2.44. The van der Waals surface area contributed by atoms with Crippen LogP contribution in [0.2, 0.25) is 0 Å². The number of hydrogen-bond donors (Lipinski definition) is 1. The van der Waals surface area contributed by atoms with Crippen molar-refractivity contribution in [1.82, 2.24) is 24.7 Å². The van der Waals surface area contributed by atoms with Crippen LogP contribution in [-0.2, 0) is 13.1 Å². The van der Waals surface area contributed by atoms with E-state index in [1.165, 1.54) is 0 Å². The maximum Gasteiger partial charge on any atom is 0.204 e. The lowest BCUT2D eigenvalue weighted by molar-refractivity contribution is 0.557. The Bertz CT molecular complexity index is 968. The molecule has 2 aromatic carbocycles. The number of fused-ring (bicyclic) bond motifs is 2. The molecule has 0 unspecified atom stereocenters. The van der Waals surface area contributed by atoms with E-state index in [0.717, 1.165) is 47.3 Å². The van der Waals surface area contributed by atoms with Gasteiger partial charge in [0.15, 0.2) is 11.6 Å². The van der Waals surface area contributed by atoms with Crippen LogP contribution in [0.25, 0.3) is 22.4 Å². The largest absolute Gasteiger partial charge is 0.333 e. The average Bonchev–Trinajstić information content (AvgIpc) is 3.26. The monoisotopic (exact) mass is 316 g/mol. The number of nitrogens with zero attached hydrogens (tertiary/aromatic N) is 5. The number of aromatic nitrogens is 5. The molecule has 2 aromatic heterocycles. The van der Waals surface area contributed by atoms with E-state index in [1.807, 2.05) is 42.5 Å². The molecular formula is C18H16N6. The van der Waals surface area contributed by atoms with Crippen LogP contribution in [0.1, 0.15) is 5.82 Å². The first-order valence-corrected chi connectivity index (χ1v) is 8.06. The molecule has 118 valence electrons. The zero-order valence-electron chi connectivity index (χ0n) is 13.1. The predicted molar refractivity (Wildman–Crippen MR) is 92.6 cm³/mol. The Hall–Kier alpha value is -3.15. The Morgan fingerprint density at radius 1 is 0.875 bits per heavy atom. The van der Waals surface area contributed by atoms with Gasteiger partial charge in [-0.3, -0.25) is 0 Å². The summed E-state index contributed by atoms with van der Waals surface area (Å²) in [5, 5.41) is 8.79. The summed E-state index contributed by atoms with van der Waals surface area (Å²) in [5.41, 5.74) is 3.16. The second-order valence-electron chi connectivity index (χ2n) is 5.96. The van der Waals surface area contributed by atoms with Crippen LogP contribution >= 0.6 is 0 Å². The summed E-state index contributed by atoms with van der Waals surface area (Å²) >= 11 is 0. The van der Waals surface area contributed by atoms with E-state index >= 15 is 0 Å². The minimum absolute atomic E-state index is 0.708. The molecule has 3 heterocycles. The summed E-state index contributed by atoms with van der Waals surface area (Å²) in [6.07, 6.45) is 0. The average molecular weight is 316 g/mol. The van der Waals surface area contributed by atoms with E-state index in [-0.39, 0.29) is 0 Å². The Balaban J connectivity index is 1.48. The van der Waals surface area contributed by atoms with Crippen LogP contribution in [0, 0.1) is 0 Å². The number of rotatable bonds is 2. The molecule has 0 saturated carbocycles. The zero-order valence-corrected chi connectivity index (χ0v) is 13.1. The molecule has 4 aromatic rings. The van der Waals surface area contributed by atoms with Crippen molar-refractivity contribution in [2.75, 3.05) is 11.4 Å². The smallest absolute Gasteiger partial charge is 0.204 e. The van der Waals surface area contributed by atoms with Crippen LogP contribution in [0.4, 0.5) is 5.95 Å². The van der Waals surface area contributed by atoms with Gasteiger partial charge in [-0.2, -0.15) is 0 Å². The number of anilines is 1. The van der Waals surface area contributed by atoms with Gasteiger partial charge in [-0.05, 0) is 12.1 Å². The number of benzene rings is 2. The Kier molecular flexibility index (Phi) is 2.88. The molecule has 1 N–H and O–H groups in total. The molecule has 5 rings (SSSR count). The fourth-order valence-corrected chi connectivity index (χ4v) is 3.23. The lowest BCUT2D eigenvalue weighted by Crippen LogP contribution is -2.34. The van der Waals surface area contributed by atoms with Crippen molar-refractivity contribution in [3.05, 3.63) is 60.4 Å². The molecular weight excluding hydrogens is 300 g/mol. The normalized spacial score (nSPS) is 14.1. The van der Waals surface area contributed by atoms with E-state index in [9.17, 15) is 0 Å². The molecule has 0 saturated heterocycles. The zero-order chi connectivity index (χ0) is 15.9. The second kappa shape index (κ2) is 5.19. The van der Waals surface area contributed by atoms with Gasteiger partial charge in [-0.15, -0.1) is 10.2 Å². The molecule has 0 amide bonds. The van der Waals surface area contributed by atoms with Crippen molar-refractivity contribution in [2.45, 2.75) is 13.1 Å². The molecule has 0 radical (unpaired) electrons. The molecule has 0 bridgehead atoms. The van der Waals surface area contributed by atoms with Crippen molar-refractivity contribution < 1.29 is 0 Å². The first kappa shape index (κ1) is 13.3. The highest BCUT2D eigenvalue weighted by Crippen LogP contribution is 2.24. The molecule has 0 spiro atoms. The minimum Gasteiger partial charge on any atom is -0.333 e. The van der Waals surface area contributed by atoms with Gasteiger partial charge < -0.3 is 14.5 Å². The summed E-state index contributed by atoms with van der Waals surface area (Å²) in [4.78, 5) is 10.3. The van der Waals surface area contributed by atoms with Gasteiger partial charge in [0, 0.05) is 18.7 Å². The fourth-order valence-electron chi connectivity index (χ4n) is 3.23. The highest BCUT2D eigenvalue weighted by atomic mass is 15.4. The molecule has 24 heavy (non-hydrogen) atoms. The van der Waals surface area contributed by atoms with E-state index in [2.05, 4.69) is 41.8 Å².